The first kappa shape index (κ1) is 22.9. The summed E-state index contributed by atoms with van der Waals surface area (Å²) < 4.78 is 5.37. The van der Waals surface area contributed by atoms with Crippen LogP contribution in [-0.4, -0.2) is 17.8 Å². The topological polar surface area (TPSA) is 75.7 Å². The molecule has 1 N–H and O–H groups in total. The van der Waals surface area contributed by atoms with Gasteiger partial charge in [0.25, 0.3) is 11.8 Å². The van der Waals surface area contributed by atoms with Crippen LogP contribution >= 0.6 is 34.8 Å². The van der Waals surface area contributed by atoms with Gasteiger partial charge in [-0.05, 0) is 67.1 Å². The molecule has 1 aliphatic rings. The Hall–Kier alpha value is -3.32. The van der Waals surface area contributed by atoms with E-state index in [4.69, 9.17) is 39.5 Å². The minimum Gasteiger partial charge on any atom is -0.423 e. The quantitative estimate of drug-likeness (QED) is 0.265. The normalized spacial score (nSPS) is 13.5. The number of halogens is 3. The summed E-state index contributed by atoms with van der Waals surface area (Å²) in [6.45, 7) is 1.90. The molecule has 0 spiro atoms. The third-order valence-corrected chi connectivity index (χ3v) is 5.67. The molecule has 1 aliphatic heterocycles. The summed E-state index contributed by atoms with van der Waals surface area (Å²) >= 11 is 18.3. The van der Waals surface area contributed by atoms with Crippen LogP contribution in [0.1, 0.15) is 15.9 Å². The number of hydrogen-bond donors (Lipinski definition) is 1. The third kappa shape index (κ3) is 4.73. The van der Waals surface area contributed by atoms with Gasteiger partial charge >= 0.3 is 5.97 Å². The van der Waals surface area contributed by atoms with Crippen molar-refractivity contribution >= 4 is 64.0 Å². The van der Waals surface area contributed by atoms with Gasteiger partial charge in [-0.1, -0.05) is 46.9 Å². The van der Waals surface area contributed by atoms with Gasteiger partial charge in [0.2, 0.25) is 0 Å². The number of nitrogens with zero attached hydrogens (tertiary/aromatic N) is 1. The molecule has 0 aromatic heterocycles. The number of ether oxygens (including phenoxy) is 1. The molecule has 33 heavy (non-hydrogen) atoms. The molecule has 1 heterocycles. The molecule has 0 atom stereocenters. The van der Waals surface area contributed by atoms with Crippen LogP contribution in [0.4, 0.5) is 11.4 Å². The maximum Gasteiger partial charge on any atom is 0.343 e. The molecule has 0 bridgehead atoms. The number of esters is 1. The number of anilines is 2. The van der Waals surface area contributed by atoms with Gasteiger partial charge < -0.3 is 10.1 Å². The Labute approximate surface area is 204 Å². The Morgan fingerprint density at radius 3 is 2.33 bits per heavy atom. The van der Waals surface area contributed by atoms with Crippen molar-refractivity contribution in [3.05, 3.63) is 98.6 Å². The summed E-state index contributed by atoms with van der Waals surface area (Å²) in [5.41, 5.74) is 1.73. The molecular formula is C24H15Cl3N2O4. The Morgan fingerprint density at radius 1 is 0.909 bits per heavy atom. The van der Waals surface area contributed by atoms with Crippen LogP contribution in [0.15, 0.2) is 77.5 Å². The van der Waals surface area contributed by atoms with Crippen molar-refractivity contribution in [2.75, 3.05) is 10.2 Å². The first-order chi connectivity index (χ1) is 15.7. The lowest BCUT2D eigenvalue weighted by molar-refractivity contribution is -0.120. The summed E-state index contributed by atoms with van der Waals surface area (Å²) in [6, 6.07) is 17.7. The summed E-state index contributed by atoms with van der Waals surface area (Å²) in [5, 5.41) is 3.02. The van der Waals surface area contributed by atoms with Crippen molar-refractivity contribution in [3.63, 3.8) is 0 Å². The van der Waals surface area contributed by atoms with Gasteiger partial charge in [0.05, 0.1) is 16.3 Å². The first-order valence-electron chi connectivity index (χ1n) is 9.64. The summed E-state index contributed by atoms with van der Waals surface area (Å²) in [6.07, 6.45) is 0. The number of imide groups is 1. The van der Waals surface area contributed by atoms with Gasteiger partial charge in [0.1, 0.15) is 16.5 Å². The van der Waals surface area contributed by atoms with Gasteiger partial charge in [-0.2, -0.15) is 0 Å². The number of nitrogens with one attached hydrogen (secondary N) is 1. The molecule has 6 nitrogen and oxygen atoms in total. The fourth-order valence-electron chi connectivity index (χ4n) is 3.17. The highest BCUT2D eigenvalue weighted by Gasteiger charge is 2.40. The van der Waals surface area contributed by atoms with Gasteiger partial charge in [-0.25, -0.2) is 9.69 Å². The highest BCUT2D eigenvalue weighted by molar-refractivity contribution is 6.54. The number of rotatable bonds is 5. The molecule has 0 radical (unpaired) electrons. The minimum absolute atomic E-state index is 0.118. The third-order valence-electron chi connectivity index (χ3n) is 4.77. The second kappa shape index (κ2) is 9.27. The van der Waals surface area contributed by atoms with E-state index in [9.17, 15) is 14.4 Å². The lowest BCUT2D eigenvalue weighted by atomic mass is 10.2. The smallest absolute Gasteiger partial charge is 0.343 e. The molecular weight excluding hydrogens is 487 g/mol. The number of hydrogen-bond acceptors (Lipinski definition) is 5. The van der Waals surface area contributed by atoms with E-state index in [1.165, 1.54) is 30.3 Å². The lowest BCUT2D eigenvalue weighted by Gasteiger charge is -2.17. The number of carbonyl (C=O) groups excluding carboxylic acids is 3. The molecule has 0 saturated carbocycles. The number of amides is 2. The largest absolute Gasteiger partial charge is 0.423 e. The number of benzene rings is 3. The predicted molar refractivity (Wildman–Crippen MR) is 128 cm³/mol. The molecule has 2 amide bonds. The molecule has 9 heteroatoms. The summed E-state index contributed by atoms with van der Waals surface area (Å²) in [7, 11) is 0. The zero-order chi connectivity index (χ0) is 23.7. The average molecular weight is 502 g/mol. The second-order valence-electron chi connectivity index (χ2n) is 7.14. The van der Waals surface area contributed by atoms with Crippen LogP contribution in [0.3, 0.4) is 0 Å². The van der Waals surface area contributed by atoms with E-state index in [2.05, 4.69) is 5.32 Å². The van der Waals surface area contributed by atoms with Gasteiger partial charge in [0.15, 0.2) is 0 Å². The van der Waals surface area contributed by atoms with E-state index in [-0.39, 0.29) is 21.4 Å². The van der Waals surface area contributed by atoms with E-state index in [1.54, 1.807) is 30.3 Å². The van der Waals surface area contributed by atoms with Crippen molar-refractivity contribution < 1.29 is 19.1 Å². The maximum atomic E-state index is 12.9. The summed E-state index contributed by atoms with van der Waals surface area (Å²) in [5.74, 6) is -1.50. The Kier molecular flexibility index (Phi) is 6.42. The van der Waals surface area contributed by atoms with Gasteiger partial charge in [-0.3, -0.25) is 9.59 Å². The zero-order valence-electron chi connectivity index (χ0n) is 17.1. The Morgan fingerprint density at radius 2 is 1.64 bits per heavy atom. The monoisotopic (exact) mass is 500 g/mol. The fourth-order valence-corrected chi connectivity index (χ4v) is 3.75. The molecule has 0 fully saturated rings. The van der Waals surface area contributed by atoms with E-state index in [1.807, 2.05) is 13.0 Å². The second-order valence-corrected chi connectivity index (χ2v) is 8.36. The van der Waals surface area contributed by atoms with Crippen molar-refractivity contribution in [1.82, 2.24) is 0 Å². The first-order valence-corrected chi connectivity index (χ1v) is 10.8. The molecule has 3 aromatic carbocycles. The summed E-state index contributed by atoms with van der Waals surface area (Å²) in [4.78, 5) is 38.8. The lowest BCUT2D eigenvalue weighted by Crippen LogP contribution is -2.32. The predicted octanol–water partition coefficient (Wildman–Crippen LogP) is 5.96. The van der Waals surface area contributed by atoms with Crippen LogP contribution in [0.25, 0.3) is 0 Å². The molecule has 166 valence electrons. The number of carbonyl (C=O) groups is 3. The van der Waals surface area contributed by atoms with E-state index in [0.717, 1.165) is 10.5 Å². The van der Waals surface area contributed by atoms with Crippen molar-refractivity contribution in [3.8, 4) is 5.75 Å². The Balaban J connectivity index is 1.50. The average Bonchev–Trinajstić information content (AvgIpc) is 2.99. The van der Waals surface area contributed by atoms with Crippen LogP contribution in [-0.2, 0) is 9.59 Å². The maximum absolute atomic E-state index is 12.9. The van der Waals surface area contributed by atoms with Crippen molar-refractivity contribution in [2.24, 2.45) is 0 Å². The Bertz CT molecular complexity index is 1320. The van der Waals surface area contributed by atoms with Crippen molar-refractivity contribution in [2.45, 2.75) is 6.92 Å². The van der Waals surface area contributed by atoms with E-state index >= 15 is 0 Å². The SMILES string of the molecule is Cc1cccc(OC(=O)c2ccc(NC3=C(Cl)C(=O)N(c4cc(Cl)ccc4Cl)C3=O)cc2)c1. The molecule has 0 unspecified atom stereocenters. The van der Waals surface area contributed by atoms with E-state index in [0.29, 0.717) is 22.0 Å². The molecule has 0 saturated heterocycles. The van der Waals surface area contributed by atoms with Crippen molar-refractivity contribution in [1.29, 1.82) is 0 Å². The highest BCUT2D eigenvalue weighted by Crippen LogP contribution is 2.35. The number of aryl methyl sites for hydroxylation is 1. The van der Waals surface area contributed by atoms with E-state index < -0.39 is 17.8 Å². The van der Waals surface area contributed by atoms with Crippen LogP contribution < -0.4 is 15.0 Å². The van der Waals surface area contributed by atoms with Crippen LogP contribution in [0, 0.1) is 6.92 Å². The fraction of sp³-hybridized carbons (Fsp3) is 0.0417. The highest BCUT2D eigenvalue weighted by atomic mass is 35.5. The van der Waals surface area contributed by atoms with Gasteiger partial charge in [0, 0.05) is 10.7 Å². The molecule has 3 aromatic rings. The van der Waals surface area contributed by atoms with Gasteiger partial charge in [-0.15, -0.1) is 0 Å². The zero-order valence-corrected chi connectivity index (χ0v) is 19.3. The molecule has 4 rings (SSSR count). The molecule has 0 aliphatic carbocycles. The van der Waals surface area contributed by atoms with Crippen LogP contribution in [0.5, 0.6) is 5.75 Å². The standard InChI is InChI=1S/C24H15Cl3N2O4/c1-13-3-2-4-17(11-13)33-24(32)14-5-8-16(9-6-14)28-21-20(27)22(30)29(23(21)31)19-12-15(25)7-10-18(19)26/h2-12,28H,1H3. The van der Waals surface area contributed by atoms with Crippen LogP contribution in [0.2, 0.25) is 10.0 Å². The minimum atomic E-state index is -0.730.